The molecule has 3 heterocycles. The van der Waals surface area contributed by atoms with Gasteiger partial charge in [-0.1, -0.05) is 6.07 Å². The zero-order valence-electron chi connectivity index (χ0n) is 9.82. The van der Waals surface area contributed by atoms with Gasteiger partial charge in [-0.15, -0.1) is 10.2 Å². The van der Waals surface area contributed by atoms with E-state index in [-0.39, 0.29) is 0 Å². The van der Waals surface area contributed by atoms with Gasteiger partial charge in [-0.05, 0) is 6.07 Å². The highest BCUT2D eigenvalue weighted by Gasteiger charge is 2.18. The molecule has 6 heteroatoms. The largest absolute Gasteiger partial charge is 0.315 e. The summed E-state index contributed by atoms with van der Waals surface area (Å²) < 4.78 is 2.06. The maximum atomic E-state index is 9.02. The van der Waals surface area contributed by atoms with E-state index in [1.54, 1.807) is 12.5 Å². The molecular formula is C12H12N6. The molecule has 0 N–H and O–H groups in total. The number of hydrogen-bond donors (Lipinski definition) is 0. The van der Waals surface area contributed by atoms with E-state index in [0.29, 0.717) is 5.69 Å². The molecule has 0 radical (unpaired) electrons. The van der Waals surface area contributed by atoms with E-state index in [1.807, 2.05) is 12.1 Å². The molecule has 0 aliphatic carbocycles. The van der Waals surface area contributed by atoms with Gasteiger partial charge in [0.15, 0.2) is 0 Å². The summed E-state index contributed by atoms with van der Waals surface area (Å²) in [6.45, 7) is 3.32. The summed E-state index contributed by atoms with van der Waals surface area (Å²) in [6, 6.07) is 5.94. The first kappa shape index (κ1) is 10.9. The van der Waals surface area contributed by atoms with Crippen LogP contribution in [-0.2, 0) is 19.6 Å². The highest BCUT2D eigenvalue weighted by Crippen LogP contribution is 2.14. The summed E-state index contributed by atoms with van der Waals surface area (Å²) in [7, 11) is 0. The molecule has 0 bridgehead atoms. The molecule has 0 amide bonds. The van der Waals surface area contributed by atoms with Crippen molar-refractivity contribution in [1.29, 1.82) is 5.26 Å². The molecule has 0 saturated carbocycles. The monoisotopic (exact) mass is 240 g/mol. The van der Waals surface area contributed by atoms with Gasteiger partial charge in [0.2, 0.25) is 0 Å². The van der Waals surface area contributed by atoms with Crippen molar-refractivity contribution in [3.63, 3.8) is 0 Å². The Bertz CT molecular complexity index is 597. The molecule has 90 valence electrons. The van der Waals surface area contributed by atoms with Crippen molar-refractivity contribution in [3.8, 4) is 6.07 Å². The lowest BCUT2D eigenvalue weighted by atomic mass is 10.2. The Kier molecular flexibility index (Phi) is 2.74. The molecule has 18 heavy (non-hydrogen) atoms. The Morgan fingerprint density at radius 3 is 3.22 bits per heavy atom. The van der Waals surface area contributed by atoms with Crippen molar-refractivity contribution >= 4 is 0 Å². The Balaban J connectivity index is 1.77. The van der Waals surface area contributed by atoms with Crippen molar-refractivity contribution in [2.75, 3.05) is 6.54 Å². The number of nitrogens with zero attached hydrogens (tertiary/aromatic N) is 6. The fourth-order valence-corrected chi connectivity index (χ4v) is 2.16. The molecular weight excluding hydrogens is 228 g/mol. The fourth-order valence-electron chi connectivity index (χ4n) is 2.16. The minimum absolute atomic E-state index is 0.504. The summed E-state index contributed by atoms with van der Waals surface area (Å²) in [6.07, 6.45) is 3.41. The fraction of sp³-hybridized carbons (Fsp3) is 0.333. The predicted molar refractivity (Wildman–Crippen MR) is 63.1 cm³/mol. The highest BCUT2D eigenvalue weighted by atomic mass is 15.3. The maximum absolute atomic E-state index is 9.02. The van der Waals surface area contributed by atoms with Crippen LogP contribution in [0.2, 0.25) is 0 Å². The first-order chi connectivity index (χ1) is 8.86. The minimum Gasteiger partial charge on any atom is -0.315 e. The summed E-state index contributed by atoms with van der Waals surface area (Å²) >= 11 is 0. The van der Waals surface area contributed by atoms with Crippen LogP contribution in [0.15, 0.2) is 24.7 Å². The lowest BCUT2D eigenvalue weighted by Gasteiger charge is -2.26. The van der Waals surface area contributed by atoms with Gasteiger partial charge in [-0.2, -0.15) is 5.26 Å². The molecule has 0 aromatic carbocycles. The van der Waals surface area contributed by atoms with E-state index in [2.05, 4.69) is 30.7 Å². The Morgan fingerprint density at radius 2 is 2.33 bits per heavy atom. The molecule has 1 aliphatic rings. The van der Waals surface area contributed by atoms with E-state index in [4.69, 9.17) is 5.26 Å². The van der Waals surface area contributed by atoms with Gasteiger partial charge < -0.3 is 4.57 Å². The van der Waals surface area contributed by atoms with Gasteiger partial charge in [0.1, 0.15) is 23.9 Å². The average Bonchev–Trinajstić information content (AvgIpc) is 2.87. The average molecular weight is 240 g/mol. The Hall–Kier alpha value is -2.26. The third-order valence-electron chi connectivity index (χ3n) is 3.11. The van der Waals surface area contributed by atoms with Crippen LogP contribution >= 0.6 is 0 Å². The Morgan fingerprint density at radius 1 is 1.39 bits per heavy atom. The first-order valence-corrected chi connectivity index (χ1v) is 5.80. The summed E-state index contributed by atoms with van der Waals surface area (Å²) in [5.74, 6) is 0.976. The van der Waals surface area contributed by atoms with Gasteiger partial charge in [-0.25, -0.2) is 4.98 Å². The highest BCUT2D eigenvalue weighted by molar-refractivity contribution is 5.30. The molecule has 0 fully saturated rings. The van der Waals surface area contributed by atoms with Gasteiger partial charge in [0.05, 0.1) is 6.54 Å². The van der Waals surface area contributed by atoms with E-state index in [9.17, 15) is 0 Å². The third-order valence-corrected chi connectivity index (χ3v) is 3.11. The van der Waals surface area contributed by atoms with Crippen molar-refractivity contribution in [3.05, 3.63) is 41.7 Å². The molecule has 1 aliphatic heterocycles. The van der Waals surface area contributed by atoms with Crippen LogP contribution in [0.1, 0.15) is 17.1 Å². The van der Waals surface area contributed by atoms with E-state index >= 15 is 0 Å². The summed E-state index contributed by atoms with van der Waals surface area (Å²) in [5, 5.41) is 17.0. The van der Waals surface area contributed by atoms with Crippen molar-refractivity contribution in [2.24, 2.45) is 0 Å². The third kappa shape index (κ3) is 1.96. The predicted octanol–water partition coefficient (Wildman–Crippen LogP) is 0.561. The molecule has 6 nitrogen and oxygen atoms in total. The standard InChI is InChI=1S/C12H12N6/c13-6-11-10(2-1-3-14-11)7-17-4-5-18-9-15-16-12(18)8-17/h1-3,9H,4-5,7-8H2. The maximum Gasteiger partial charge on any atom is 0.147 e. The molecule has 0 unspecified atom stereocenters. The van der Waals surface area contributed by atoms with Gasteiger partial charge in [0.25, 0.3) is 0 Å². The van der Waals surface area contributed by atoms with Crippen LogP contribution < -0.4 is 0 Å². The number of nitriles is 1. The quantitative estimate of drug-likeness (QED) is 0.767. The van der Waals surface area contributed by atoms with Crippen molar-refractivity contribution in [1.82, 2.24) is 24.6 Å². The van der Waals surface area contributed by atoms with E-state index < -0.39 is 0 Å². The van der Waals surface area contributed by atoms with E-state index in [1.165, 1.54) is 0 Å². The first-order valence-electron chi connectivity index (χ1n) is 5.80. The van der Waals surface area contributed by atoms with Gasteiger partial charge in [0, 0.05) is 31.4 Å². The Labute approximate surface area is 105 Å². The van der Waals surface area contributed by atoms with Crippen LogP contribution in [0.4, 0.5) is 0 Å². The van der Waals surface area contributed by atoms with Crippen molar-refractivity contribution < 1.29 is 0 Å². The second kappa shape index (κ2) is 4.55. The van der Waals surface area contributed by atoms with E-state index in [0.717, 1.165) is 37.6 Å². The van der Waals surface area contributed by atoms with Crippen LogP contribution in [0, 0.1) is 11.3 Å². The van der Waals surface area contributed by atoms with Crippen LogP contribution in [0.5, 0.6) is 0 Å². The molecule has 2 aromatic rings. The second-order valence-corrected chi connectivity index (χ2v) is 4.27. The summed E-state index contributed by atoms with van der Waals surface area (Å²) in [5.41, 5.74) is 1.47. The summed E-state index contributed by atoms with van der Waals surface area (Å²) in [4.78, 5) is 6.33. The molecule has 3 rings (SSSR count). The number of pyridine rings is 1. The zero-order chi connectivity index (χ0) is 12.4. The molecule has 0 atom stereocenters. The van der Waals surface area contributed by atoms with Crippen LogP contribution in [0.25, 0.3) is 0 Å². The lowest BCUT2D eigenvalue weighted by molar-refractivity contribution is 0.208. The number of rotatable bonds is 2. The SMILES string of the molecule is N#Cc1ncccc1CN1CCn2cnnc2C1. The van der Waals surface area contributed by atoms with Gasteiger partial charge >= 0.3 is 0 Å². The lowest BCUT2D eigenvalue weighted by Crippen LogP contribution is -2.33. The number of fused-ring (bicyclic) bond motifs is 1. The van der Waals surface area contributed by atoms with Crippen molar-refractivity contribution in [2.45, 2.75) is 19.6 Å². The number of aromatic nitrogens is 4. The topological polar surface area (TPSA) is 70.6 Å². The molecule has 0 saturated heterocycles. The second-order valence-electron chi connectivity index (χ2n) is 4.27. The van der Waals surface area contributed by atoms with Gasteiger partial charge in [-0.3, -0.25) is 4.90 Å². The number of hydrogen-bond acceptors (Lipinski definition) is 5. The van der Waals surface area contributed by atoms with Crippen LogP contribution in [0.3, 0.4) is 0 Å². The van der Waals surface area contributed by atoms with Crippen LogP contribution in [-0.4, -0.2) is 31.2 Å². The normalized spacial score (nSPS) is 15.1. The zero-order valence-corrected chi connectivity index (χ0v) is 9.82. The minimum atomic E-state index is 0.504. The smallest absolute Gasteiger partial charge is 0.147 e. The molecule has 2 aromatic heterocycles. The molecule has 0 spiro atoms.